The average Bonchev–Trinajstić information content (AvgIpc) is 2.91. The highest BCUT2D eigenvalue weighted by molar-refractivity contribution is 5.76. The molecule has 0 bridgehead atoms. The van der Waals surface area contributed by atoms with Crippen molar-refractivity contribution in [3.63, 3.8) is 0 Å². The fraction of sp³-hybridized carbons (Fsp3) is 0.364. The van der Waals surface area contributed by atoms with Crippen LogP contribution in [0.25, 0.3) is 11.1 Å². The molecule has 0 N–H and O–H groups in total. The van der Waals surface area contributed by atoms with E-state index in [9.17, 15) is 0 Å². The quantitative estimate of drug-likeness (QED) is 0.382. The van der Waals surface area contributed by atoms with Crippen molar-refractivity contribution in [1.29, 1.82) is 0 Å². The molecule has 0 atom stereocenters. The fourth-order valence-electron chi connectivity index (χ4n) is 3.44. The first kappa shape index (κ1) is 14.9. The van der Waals surface area contributed by atoms with Crippen LogP contribution in [0.5, 0.6) is 0 Å². The number of fused-ring (bicyclic) bond motifs is 3. The van der Waals surface area contributed by atoms with Crippen LogP contribution in [0.4, 0.5) is 0 Å². The lowest BCUT2D eigenvalue weighted by Gasteiger charge is -2.06. The van der Waals surface area contributed by atoms with E-state index in [1.54, 1.807) is 0 Å². The van der Waals surface area contributed by atoms with Crippen LogP contribution >= 0.6 is 0 Å². The van der Waals surface area contributed by atoms with E-state index in [0.717, 1.165) is 12.8 Å². The van der Waals surface area contributed by atoms with Gasteiger partial charge < -0.3 is 0 Å². The van der Waals surface area contributed by atoms with Crippen molar-refractivity contribution in [1.82, 2.24) is 0 Å². The first-order valence-corrected chi connectivity index (χ1v) is 8.52. The highest BCUT2D eigenvalue weighted by Gasteiger charge is 2.17. The summed E-state index contributed by atoms with van der Waals surface area (Å²) in [6.07, 6.45) is 14.9. The van der Waals surface area contributed by atoms with Crippen LogP contribution in [0.3, 0.4) is 0 Å². The Morgan fingerprint density at radius 2 is 1.59 bits per heavy atom. The predicted molar refractivity (Wildman–Crippen MR) is 94.9 cm³/mol. The molecule has 112 valence electrons. The molecule has 1 aliphatic rings. The summed E-state index contributed by atoms with van der Waals surface area (Å²) >= 11 is 0. The van der Waals surface area contributed by atoms with Crippen LogP contribution in [-0.2, 0) is 12.8 Å². The summed E-state index contributed by atoms with van der Waals surface area (Å²) in [6, 6.07) is 15.9. The van der Waals surface area contributed by atoms with Crippen molar-refractivity contribution < 1.29 is 0 Å². The number of aryl methyl sites for hydroxylation is 1. The van der Waals surface area contributed by atoms with E-state index in [4.69, 9.17) is 6.42 Å². The molecule has 0 radical (unpaired) electrons. The van der Waals surface area contributed by atoms with E-state index in [-0.39, 0.29) is 0 Å². The third kappa shape index (κ3) is 3.42. The molecule has 0 nitrogen and oxygen atoms in total. The Hall–Kier alpha value is -2.00. The Morgan fingerprint density at radius 1 is 0.818 bits per heavy atom. The van der Waals surface area contributed by atoms with Crippen molar-refractivity contribution in [2.45, 2.75) is 51.4 Å². The van der Waals surface area contributed by atoms with E-state index < -0.39 is 0 Å². The third-order valence-corrected chi connectivity index (χ3v) is 4.64. The second-order valence-corrected chi connectivity index (χ2v) is 6.30. The van der Waals surface area contributed by atoms with E-state index in [1.165, 1.54) is 66.3 Å². The third-order valence-electron chi connectivity index (χ3n) is 4.64. The first-order chi connectivity index (χ1) is 10.9. The number of hydrogen-bond donors (Lipinski definition) is 0. The van der Waals surface area contributed by atoms with Gasteiger partial charge in [-0.25, -0.2) is 0 Å². The summed E-state index contributed by atoms with van der Waals surface area (Å²) in [6.45, 7) is 0. The van der Waals surface area contributed by atoms with Crippen LogP contribution in [0.15, 0.2) is 42.5 Å². The van der Waals surface area contributed by atoms with Crippen LogP contribution in [0.2, 0.25) is 0 Å². The highest BCUT2D eigenvalue weighted by Crippen LogP contribution is 2.36. The van der Waals surface area contributed by atoms with Crippen molar-refractivity contribution >= 4 is 0 Å². The molecular weight excluding hydrogens is 264 g/mol. The van der Waals surface area contributed by atoms with Crippen LogP contribution < -0.4 is 0 Å². The van der Waals surface area contributed by atoms with Crippen molar-refractivity contribution in [3.8, 4) is 23.5 Å². The Bertz CT molecular complexity index is 673. The van der Waals surface area contributed by atoms with Gasteiger partial charge in [-0.1, -0.05) is 61.7 Å². The lowest BCUT2D eigenvalue weighted by Crippen LogP contribution is -1.89. The van der Waals surface area contributed by atoms with E-state index >= 15 is 0 Å². The first-order valence-electron chi connectivity index (χ1n) is 8.52. The number of benzene rings is 2. The minimum Gasteiger partial charge on any atom is -0.120 e. The maximum atomic E-state index is 5.27. The van der Waals surface area contributed by atoms with Gasteiger partial charge in [0, 0.05) is 6.42 Å². The molecule has 0 aromatic heterocycles. The number of unbranched alkanes of at least 4 members (excludes halogenated alkanes) is 5. The van der Waals surface area contributed by atoms with Gasteiger partial charge in [0.05, 0.1) is 0 Å². The van der Waals surface area contributed by atoms with Gasteiger partial charge in [0.2, 0.25) is 0 Å². The van der Waals surface area contributed by atoms with Crippen molar-refractivity contribution in [2.75, 3.05) is 0 Å². The van der Waals surface area contributed by atoms with Crippen molar-refractivity contribution in [3.05, 3.63) is 59.2 Å². The summed E-state index contributed by atoms with van der Waals surface area (Å²) in [5.41, 5.74) is 7.34. The number of terminal acetylenes is 1. The van der Waals surface area contributed by atoms with Gasteiger partial charge in [-0.15, -0.1) is 12.3 Å². The standard InChI is InChI=1S/C22H24/c1-2-3-4-5-6-7-8-11-18-14-15-22-20(16-18)17-19-12-9-10-13-21(19)22/h1,9-10,12-16H,3-8,11,17H2. The summed E-state index contributed by atoms with van der Waals surface area (Å²) < 4.78 is 0. The zero-order valence-corrected chi connectivity index (χ0v) is 13.3. The lowest BCUT2D eigenvalue weighted by atomic mass is 10.00. The molecule has 22 heavy (non-hydrogen) atoms. The summed E-state index contributed by atoms with van der Waals surface area (Å²) in [4.78, 5) is 0. The fourth-order valence-corrected chi connectivity index (χ4v) is 3.44. The maximum Gasteiger partial charge on any atom is 0.00860 e. The molecular formula is C22H24. The largest absolute Gasteiger partial charge is 0.120 e. The maximum absolute atomic E-state index is 5.27. The Balaban J connectivity index is 1.51. The summed E-state index contributed by atoms with van der Waals surface area (Å²) in [5, 5.41) is 0. The summed E-state index contributed by atoms with van der Waals surface area (Å²) in [5.74, 6) is 2.72. The van der Waals surface area contributed by atoms with Crippen LogP contribution in [0.1, 0.15) is 55.2 Å². The molecule has 0 saturated carbocycles. The Kier molecular flexibility index (Phi) is 4.96. The molecule has 3 rings (SSSR count). The summed E-state index contributed by atoms with van der Waals surface area (Å²) in [7, 11) is 0. The molecule has 1 aliphatic carbocycles. The van der Waals surface area contributed by atoms with Gasteiger partial charge in [-0.2, -0.15) is 0 Å². The Labute approximate surface area is 134 Å². The topological polar surface area (TPSA) is 0 Å². The predicted octanol–water partition coefficient (Wildman–Crippen LogP) is 5.77. The minimum absolute atomic E-state index is 0.936. The van der Waals surface area contributed by atoms with E-state index in [1.807, 2.05) is 0 Å². The second-order valence-electron chi connectivity index (χ2n) is 6.30. The van der Waals surface area contributed by atoms with Gasteiger partial charge in [0.15, 0.2) is 0 Å². The lowest BCUT2D eigenvalue weighted by molar-refractivity contribution is 0.620. The Morgan fingerprint density at radius 3 is 2.50 bits per heavy atom. The van der Waals surface area contributed by atoms with Gasteiger partial charge in [-0.3, -0.25) is 0 Å². The minimum atomic E-state index is 0.936. The van der Waals surface area contributed by atoms with Crippen LogP contribution in [0, 0.1) is 12.3 Å². The van der Waals surface area contributed by atoms with Gasteiger partial charge >= 0.3 is 0 Å². The number of rotatable bonds is 7. The highest BCUT2D eigenvalue weighted by atomic mass is 14.2. The molecule has 0 saturated heterocycles. The zero-order valence-electron chi connectivity index (χ0n) is 13.3. The molecule has 2 aromatic carbocycles. The second kappa shape index (κ2) is 7.32. The molecule has 2 aromatic rings. The smallest absolute Gasteiger partial charge is 0.00860 e. The van der Waals surface area contributed by atoms with Crippen LogP contribution in [-0.4, -0.2) is 0 Å². The van der Waals surface area contributed by atoms with Gasteiger partial charge in [-0.05, 0) is 53.5 Å². The SMILES string of the molecule is C#CCCCCCCCc1ccc2c(c1)Cc1ccccc1-2. The molecule has 0 fully saturated rings. The van der Waals surface area contributed by atoms with Gasteiger partial charge in [0.1, 0.15) is 0 Å². The van der Waals surface area contributed by atoms with E-state index in [2.05, 4.69) is 48.4 Å². The van der Waals surface area contributed by atoms with Crippen molar-refractivity contribution in [2.24, 2.45) is 0 Å². The molecule has 0 heterocycles. The zero-order chi connectivity index (χ0) is 15.2. The molecule has 0 unspecified atom stereocenters. The molecule has 0 amide bonds. The van der Waals surface area contributed by atoms with E-state index in [0.29, 0.717) is 0 Å². The normalized spacial score (nSPS) is 11.8. The molecule has 0 spiro atoms. The monoisotopic (exact) mass is 288 g/mol. The average molecular weight is 288 g/mol. The molecule has 0 heteroatoms. The number of hydrogen-bond acceptors (Lipinski definition) is 0. The molecule has 0 aliphatic heterocycles. The van der Waals surface area contributed by atoms with Gasteiger partial charge in [0.25, 0.3) is 0 Å².